The van der Waals surface area contributed by atoms with Gasteiger partial charge in [0.2, 0.25) is 0 Å². The van der Waals surface area contributed by atoms with Gasteiger partial charge in [-0.1, -0.05) is 0 Å². The molecule has 0 fully saturated rings. The minimum Gasteiger partial charge on any atom is -0.357 e. The van der Waals surface area contributed by atoms with Crippen LogP contribution in [0.2, 0.25) is 0 Å². The largest absolute Gasteiger partial charge is 0.357 e. The molecule has 0 aliphatic heterocycles. The van der Waals surface area contributed by atoms with Gasteiger partial charge in [0.25, 0.3) is 5.56 Å². The number of thiazole rings is 1. The van der Waals surface area contributed by atoms with E-state index in [1.807, 2.05) is 12.3 Å². The molecule has 2 N–H and O–H groups in total. The number of aryl methyl sites for hydroxylation is 2. The quantitative estimate of drug-likeness (QED) is 0.686. The summed E-state index contributed by atoms with van der Waals surface area (Å²) in [7, 11) is 1.62. The second-order valence-corrected chi connectivity index (χ2v) is 4.89. The zero-order valence-electron chi connectivity index (χ0n) is 9.77. The molecule has 0 saturated carbocycles. The third kappa shape index (κ3) is 1.44. The first kappa shape index (κ1) is 11.0. The second-order valence-electron chi connectivity index (χ2n) is 4.04. The first-order valence-corrected chi connectivity index (χ1v) is 6.19. The molecule has 3 aromatic heterocycles. The molecule has 3 heterocycles. The maximum atomic E-state index is 11.9. The van der Waals surface area contributed by atoms with Gasteiger partial charge in [-0.25, -0.2) is 9.78 Å². The highest BCUT2D eigenvalue weighted by molar-refractivity contribution is 7.13. The van der Waals surface area contributed by atoms with Crippen LogP contribution in [0.5, 0.6) is 0 Å². The molecule has 0 radical (unpaired) electrons. The number of nitrogens with one attached hydrogen (secondary N) is 2. The lowest BCUT2D eigenvalue weighted by molar-refractivity contribution is 0.844. The molecule has 0 unspecified atom stereocenters. The summed E-state index contributed by atoms with van der Waals surface area (Å²) in [6.07, 6.45) is 1.65. The molecule has 3 aromatic rings. The number of H-pyrrole nitrogens is 2. The normalized spacial score (nSPS) is 11.2. The van der Waals surface area contributed by atoms with Gasteiger partial charge in [-0.05, 0) is 6.92 Å². The molecule has 0 bridgehead atoms. The predicted molar refractivity (Wildman–Crippen MR) is 70.0 cm³/mol. The molecule has 92 valence electrons. The second kappa shape index (κ2) is 3.67. The van der Waals surface area contributed by atoms with Crippen molar-refractivity contribution in [3.63, 3.8) is 0 Å². The molecular formula is C11H10N4O2S. The Kier molecular flexibility index (Phi) is 2.24. The summed E-state index contributed by atoms with van der Waals surface area (Å²) in [5, 5.41) is 3.12. The highest BCUT2D eigenvalue weighted by Crippen LogP contribution is 2.26. The molecular weight excluding hydrogens is 252 g/mol. The van der Waals surface area contributed by atoms with E-state index in [2.05, 4.69) is 15.0 Å². The van der Waals surface area contributed by atoms with Crippen molar-refractivity contribution in [3.8, 4) is 10.7 Å². The van der Waals surface area contributed by atoms with Crippen LogP contribution in [0, 0.1) is 6.92 Å². The number of hydrogen-bond donors (Lipinski definition) is 2. The number of aromatic amines is 2. The van der Waals surface area contributed by atoms with Crippen molar-refractivity contribution in [1.82, 2.24) is 19.5 Å². The Morgan fingerprint density at radius 2 is 2.17 bits per heavy atom. The van der Waals surface area contributed by atoms with E-state index >= 15 is 0 Å². The van der Waals surface area contributed by atoms with Crippen LogP contribution in [-0.4, -0.2) is 19.5 Å². The first-order valence-electron chi connectivity index (χ1n) is 5.31. The van der Waals surface area contributed by atoms with Crippen molar-refractivity contribution < 1.29 is 0 Å². The van der Waals surface area contributed by atoms with Crippen molar-refractivity contribution in [3.05, 3.63) is 38.1 Å². The minimum atomic E-state index is -0.423. The van der Waals surface area contributed by atoms with Crippen LogP contribution in [0.4, 0.5) is 0 Å². The maximum absolute atomic E-state index is 11.9. The van der Waals surface area contributed by atoms with Crippen LogP contribution >= 0.6 is 11.3 Å². The molecule has 0 aliphatic carbocycles. The summed E-state index contributed by atoms with van der Waals surface area (Å²) >= 11 is 1.46. The molecule has 0 aromatic carbocycles. The highest BCUT2D eigenvalue weighted by Gasteiger charge is 2.15. The van der Waals surface area contributed by atoms with E-state index in [4.69, 9.17) is 0 Å². The van der Waals surface area contributed by atoms with Gasteiger partial charge in [0.15, 0.2) is 0 Å². The lowest BCUT2D eigenvalue weighted by atomic mass is 10.3. The van der Waals surface area contributed by atoms with Gasteiger partial charge in [-0.3, -0.25) is 14.3 Å². The third-order valence-corrected chi connectivity index (χ3v) is 3.78. The van der Waals surface area contributed by atoms with Gasteiger partial charge in [-0.2, -0.15) is 0 Å². The van der Waals surface area contributed by atoms with Gasteiger partial charge in [0.05, 0.1) is 16.6 Å². The number of hydrogen-bond acceptors (Lipinski definition) is 4. The fourth-order valence-corrected chi connectivity index (χ4v) is 2.71. The zero-order chi connectivity index (χ0) is 12.9. The van der Waals surface area contributed by atoms with Crippen molar-refractivity contribution in [1.29, 1.82) is 0 Å². The van der Waals surface area contributed by atoms with E-state index in [1.54, 1.807) is 13.2 Å². The summed E-state index contributed by atoms with van der Waals surface area (Å²) < 4.78 is 1.40. The van der Waals surface area contributed by atoms with Crippen LogP contribution in [-0.2, 0) is 7.05 Å². The fourth-order valence-electron chi connectivity index (χ4n) is 1.90. The standard InChI is InChI=1S/C11H10N4O2S/c1-5-4-18-10(13-5)8-7-6(3-12-8)15(2)11(17)14-9(7)16/h3-4,12H,1-2H3,(H,14,16,17). The van der Waals surface area contributed by atoms with E-state index in [0.717, 1.165) is 10.7 Å². The number of fused-ring (bicyclic) bond motifs is 1. The zero-order valence-corrected chi connectivity index (χ0v) is 10.6. The van der Waals surface area contributed by atoms with Crippen LogP contribution in [0.3, 0.4) is 0 Å². The highest BCUT2D eigenvalue weighted by atomic mass is 32.1. The third-order valence-electron chi connectivity index (χ3n) is 2.81. The molecule has 6 nitrogen and oxygen atoms in total. The Bertz CT molecular complexity index is 852. The van der Waals surface area contributed by atoms with E-state index in [1.165, 1.54) is 15.9 Å². The van der Waals surface area contributed by atoms with Crippen molar-refractivity contribution in [2.75, 3.05) is 0 Å². The summed E-state index contributed by atoms with van der Waals surface area (Å²) in [4.78, 5) is 33.0. The van der Waals surface area contributed by atoms with Crippen LogP contribution in [0.15, 0.2) is 21.2 Å². The number of nitrogens with zero attached hydrogens (tertiary/aromatic N) is 2. The lowest BCUT2D eigenvalue weighted by Gasteiger charge is -1.98. The SMILES string of the molecule is Cc1csc(-c2[nH]cc3c2c(=O)[nH]c(=O)n3C)n1. The minimum absolute atomic E-state index is 0.391. The summed E-state index contributed by atoms with van der Waals surface area (Å²) in [6.45, 7) is 1.89. The topological polar surface area (TPSA) is 83.5 Å². The van der Waals surface area contributed by atoms with Gasteiger partial charge >= 0.3 is 5.69 Å². The van der Waals surface area contributed by atoms with E-state index in [-0.39, 0.29) is 0 Å². The Labute approximate surface area is 105 Å². The van der Waals surface area contributed by atoms with Gasteiger partial charge in [0, 0.05) is 24.3 Å². The van der Waals surface area contributed by atoms with Crippen molar-refractivity contribution >= 4 is 22.2 Å². The number of rotatable bonds is 1. The summed E-state index contributed by atoms with van der Waals surface area (Å²) in [6, 6.07) is 0. The van der Waals surface area contributed by atoms with Gasteiger partial charge < -0.3 is 4.98 Å². The van der Waals surface area contributed by atoms with Crippen LogP contribution in [0.1, 0.15) is 5.69 Å². The molecule has 0 saturated heterocycles. The lowest BCUT2D eigenvalue weighted by Crippen LogP contribution is -2.27. The average Bonchev–Trinajstić information content (AvgIpc) is 2.91. The van der Waals surface area contributed by atoms with E-state index in [9.17, 15) is 9.59 Å². The van der Waals surface area contributed by atoms with Crippen LogP contribution < -0.4 is 11.2 Å². The van der Waals surface area contributed by atoms with Gasteiger partial charge in [-0.15, -0.1) is 11.3 Å². The molecule has 0 spiro atoms. The Hall–Kier alpha value is -2.15. The molecule has 0 aliphatic rings. The van der Waals surface area contributed by atoms with Crippen LogP contribution in [0.25, 0.3) is 21.6 Å². The Balaban J connectivity index is 2.43. The molecule has 0 amide bonds. The summed E-state index contributed by atoms with van der Waals surface area (Å²) in [5.41, 5.74) is 1.32. The monoisotopic (exact) mass is 262 g/mol. The molecule has 3 rings (SSSR count). The summed E-state index contributed by atoms with van der Waals surface area (Å²) in [5.74, 6) is 0. The molecule has 0 atom stereocenters. The average molecular weight is 262 g/mol. The van der Waals surface area contributed by atoms with Crippen molar-refractivity contribution in [2.24, 2.45) is 7.05 Å². The smallest absolute Gasteiger partial charge is 0.328 e. The first-order chi connectivity index (χ1) is 8.58. The molecule has 7 heteroatoms. The maximum Gasteiger partial charge on any atom is 0.328 e. The van der Waals surface area contributed by atoms with E-state index in [0.29, 0.717) is 16.6 Å². The van der Waals surface area contributed by atoms with Crippen molar-refractivity contribution in [2.45, 2.75) is 6.92 Å². The molecule has 18 heavy (non-hydrogen) atoms. The van der Waals surface area contributed by atoms with E-state index < -0.39 is 11.2 Å². The Morgan fingerprint density at radius 1 is 1.39 bits per heavy atom. The fraction of sp³-hybridized carbons (Fsp3) is 0.182. The number of aromatic nitrogens is 4. The van der Waals surface area contributed by atoms with Gasteiger partial charge in [0.1, 0.15) is 5.01 Å². The predicted octanol–water partition coefficient (Wildman–Crippen LogP) is 0.987. The Morgan fingerprint density at radius 3 is 2.83 bits per heavy atom.